The average Bonchev–Trinajstić information content (AvgIpc) is 2.84. The second-order valence-corrected chi connectivity index (χ2v) is 4.99. The third kappa shape index (κ3) is 2.54. The molecule has 0 atom stereocenters. The first-order valence-electron chi connectivity index (χ1n) is 6.61. The summed E-state index contributed by atoms with van der Waals surface area (Å²) in [4.78, 5) is 14.9. The Morgan fingerprint density at radius 1 is 1.04 bits per heavy atom. The molecule has 0 fully saturated rings. The maximum Gasteiger partial charge on any atom is 0.272 e. The van der Waals surface area contributed by atoms with Crippen LogP contribution in [0.15, 0.2) is 30.3 Å². The van der Waals surface area contributed by atoms with Crippen molar-refractivity contribution in [2.75, 3.05) is 5.32 Å². The molecule has 7 heteroatoms. The van der Waals surface area contributed by atoms with Crippen LogP contribution >= 0.6 is 0 Å². The van der Waals surface area contributed by atoms with Crippen LogP contribution in [0.2, 0.25) is 0 Å². The number of benzene rings is 2. The van der Waals surface area contributed by atoms with E-state index >= 15 is 0 Å². The number of anilines is 1. The van der Waals surface area contributed by atoms with Crippen LogP contribution in [0, 0.1) is 30.2 Å². The van der Waals surface area contributed by atoms with E-state index in [1.54, 1.807) is 6.92 Å². The number of nitrogens with one attached hydrogen (secondary N) is 2. The van der Waals surface area contributed by atoms with Crippen molar-refractivity contribution in [2.45, 2.75) is 6.92 Å². The molecule has 118 valence electrons. The zero-order chi connectivity index (χ0) is 16.7. The first kappa shape index (κ1) is 15.1. The molecule has 3 rings (SSSR count). The summed E-state index contributed by atoms with van der Waals surface area (Å²) in [6, 6.07) is 5.60. The van der Waals surface area contributed by atoms with Crippen molar-refractivity contribution in [2.24, 2.45) is 0 Å². The summed E-state index contributed by atoms with van der Waals surface area (Å²) in [7, 11) is 0. The second-order valence-electron chi connectivity index (χ2n) is 4.99. The molecule has 0 bridgehead atoms. The minimum Gasteiger partial charge on any atom is -0.350 e. The Kier molecular flexibility index (Phi) is 3.55. The van der Waals surface area contributed by atoms with Crippen molar-refractivity contribution >= 4 is 22.5 Å². The lowest BCUT2D eigenvalue weighted by Crippen LogP contribution is -2.15. The molecule has 1 heterocycles. The molecular formula is C16H10F4N2O. The average molecular weight is 322 g/mol. The van der Waals surface area contributed by atoms with Crippen molar-refractivity contribution in [3.8, 4) is 0 Å². The van der Waals surface area contributed by atoms with E-state index in [1.807, 2.05) is 0 Å². The summed E-state index contributed by atoms with van der Waals surface area (Å²) in [5.41, 5.74) is 0.520. The highest BCUT2D eigenvalue weighted by molar-refractivity contribution is 6.07. The molecule has 1 aromatic heterocycles. The number of carbonyl (C=O) groups excluding carboxylic acids is 1. The van der Waals surface area contributed by atoms with Gasteiger partial charge in [-0.3, -0.25) is 4.79 Å². The lowest BCUT2D eigenvalue weighted by Gasteiger charge is -2.07. The fraction of sp³-hybridized carbons (Fsp3) is 0.0625. The van der Waals surface area contributed by atoms with Crippen molar-refractivity contribution in [1.29, 1.82) is 0 Å². The van der Waals surface area contributed by atoms with Crippen LogP contribution in [0.5, 0.6) is 0 Å². The number of rotatable bonds is 2. The fourth-order valence-corrected chi connectivity index (χ4v) is 2.34. The van der Waals surface area contributed by atoms with Crippen LogP contribution in [0.3, 0.4) is 0 Å². The van der Waals surface area contributed by atoms with Gasteiger partial charge in [-0.05, 0) is 42.8 Å². The first-order valence-corrected chi connectivity index (χ1v) is 6.61. The van der Waals surface area contributed by atoms with Gasteiger partial charge in [-0.1, -0.05) is 0 Å². The molecule has 1 amide bonds. The van der Waals surface area contributed by atoms with Crippen LogP contribution in [0.1, 0.15) is 16.1 Å². The third-order valence-electron chi connectivity index (χ3n) is 3.53. The number of aryl methyl sites for hydroxylation is 1. The summed E-state index contributed by atoms with van der Waals surface area (Å²) in [5.74, 6) is -5.73. The Morgan fingerprint density at radius 2 is 1.78 bits per heavy atom. The second kappa shape index (κ2) is 5.42. The quantitative estimate of drug-likeness (QED) is 0.537. The summed E-state index contributed by atoms with van der Waals surface area (Å²) >= 11 is 0. The summed E-state index contributed by atoms with van der Waals surface area (Å²) in [6.07, 6.45) is 0. The van der Waals surface area contributed by atoms with Crippen LogP contribution in [-0.2, 0) is 0 Å². The van der Waals surface area contributed by atoms with Gasteiger partial charge in [0.1, 0.15) is 11.5 Å². The zero-order valence-electron chi connectivity index (χ0n) is 11.8. The van der Waals surface area contributed by atoms with E-state index in [-0.39, 0.29) is 5.69 Å². The number of aromatic amines is 1. The molecule has 0 aliphatic rings. The number of carbonyl (C=O) groups is 1. The predicted molar refractivity (Wildman–Crippen MR) is 77.3 cm³/mol. The number of amides is 1. The molecule has 23 heavy (non-hydrogen) atoms. The van der Waals surface area contributed by atoms with Gasteiger partial charge in [0, 0.05) is 10.9 Å². The van der Waals surface area contributed by atoms with Crippen molar-refractivity contribution in [3.05, 3.63) is 64.9 Å². The summed E-state index contributed by atoms with van der Waals surface area (Å²) in [6.45, 7) is 1.63. The molecule has 0 aliphatic carbocycles. The Balaban J connectivity index is 1.98. The van der Waals surface area contributed by atoms with Crippen molar-refractivity contribution < 1.29 is 22.4 Å². The van der Waals surface area contributed by atoms with Gasteiger partial charge in [0.25, 0.3) is 5.91 Å². The molecule has 0 saturated heterocycles. The summed E-state index contributed by atoms with van der Waals surface area (Å²) < 4.78 is 52.9. The molecule has 3 aromatic rings. The highest BCUT2D eigenvalue weighted by Gasteiger charge is 2.19. The van der Waals surface area contributed by atoms with E-state index in [2.05, 4.69) is 10.3 Å². The minimum atomic E-state index is -1.67. The molecule has 3 nitrogen and oxygen atoms in total. The van der Waals surface area contributed by atoms with Crippen molar-refractivity contribution in [1.82, 2.24) is 4.98 Å². The fourth-order valence-electron chi connectivity index (χ4n) is 2.34. The van der Waals surface area contributed by atoms with Gasteiger partial charge in [-0.25, -0.2) is 17.6 Å². The molecule has 0 spiro atoms. The van der Waals surface area contributed by atoms with Crippen LogP contribution in [-0.4, -0.2) is 10.9 Å². The lowest BCUT2D eigenvalue weighted by molar-refractivity contribution is 0.102. The minimum absolute atomic E-state index is 0.0785. The number of H-pyrrole nitrogens is 1. The smallest absolute Gasteiger partial charge is 0.272 e. The topological polar surface area (TPSA) is 44.9 Å². The SMILES string of the molecule is Cc1c(C(=O)Nc2ccc(F)c(F)c2F)[nH]c2cc(F)ccc12. The number of hydrogen-bond donors (Lipinski definition) is 2. The van der Waals surface area contributed by atoms with Gasteiger partial charge >= 0.3 is 0 Å². The molecule has 0 radical (unpaired) electrons. The van der Waals surface area contributed by atoms with Gasteiger partial charge in [0.2, 0.25) is 0 Å². The Bertz CT molecular complexity index is 933. The van der Waals surface area contributed by atoms with E-state index in [9.17, 15) is 22.4 Å². The predicted octanol–water partition coefficient (Wildman–Crippen LogP) is 4.29. The van der Waals surface area contributed by atoms with Gasteiger partial charge in [0.15, 0.2) is 17.5 Å². The monoisotopic (exact) mass is 322 g/mol. The molecule has 0 unspecified atom stereocenters. The zero-order valence-corrected chi connectivity index (χ0v) is 11.8. The van der Waals surface area contributed by atoms with Gasteiger partial charge in [-0.2, -0.15) is 0 Å². The number of fused-ring (bicyclic) bond motifs is 1. The summed E-state index contributed by atoms with van der Waals surface area (Å²) in [5, 5.41) is 2.79. The molecule has 0 saturated carbocycles. The highest BCUT2D eigenvalue weighted by atomic mass is 19.2. The van der Waals surface area contributed by atoms with Gasteiger partial charge < -0.3 is 10.3 Å². The molecule has 2 N–H and O–H groups in total. The van der Waals surface area contributed by atoms with Crippen molar-refractivity contribution in [3.63, 3.8) is 0 Å². The normalized spacial score (nSPS) is 11.0. The van der Waals surface area contributed by atoms with Gasteiger partial charge in [-0.15, -0.1) is 0 Å². The van der Waals surface area contributed by atoms with E-state index in [4.69, 9.17) is 0 Å². The van der Waals surface area contributed by atoms with E-state index in [0.717, 1.165) is 6.07 Å². The van der Waals surface area contributed by atoms with E-state index in [0.29, 0.717) is 22.5 Å². The largest absolute Gasteiger partial charge is 0.350 e. The molecular weight excluding hydrogens is 312 g/mol. The first-order chi connectivity index (χ1) is 10.9. The molecule has 2 aromatic carbocycles. The number of halogens is 4. The van der Waals surface area contributed by atoms with Gasteiger partial charge in [0.05, 0.1) is 5.69 Å². The lowest BCUT2D eigenvalue weighted by atomic mass is 10.1. The Hall–Kier alpha value is -2.83. The van der Waals surface area contributed by atoms with Crippen LogP contribution in [0.4, 0.5) is 23.2 Å². The maximum absolute atomic E-state index is 13.6. The Labute approximate surface area is 127 Å². The van der Waals surface area contributed by atoms with E-state index in [1.165, 1.54) is 18.2 Å². The Morgan fingerprint density at radius 3 is 2.52 bits per heavy atom. The molecule has 0 aliphatic heterocycles. The number of hydrogen-bond acceptors (Lipinski definition) is 1. The maximum atomic E-state index is 13.6. The van der Waals surface area contributed by atoms with Crippen LogP contribution in [0.25, 0.3) is 10.9 Å². The third-order valence-corrected chi connectivity index (χ3v) is 3.53. The van der Waals surface area contributed by atoms with Crippen LogP contribution < -0.4 is 5.32 Å². The number of aromatic nitrogens is 1. The van der Waals surface area contributed by atoms with E-state index < -0.39 is 34.9 Å². The standard InChI is InChI=1S/C16H10F4N2O/c1-7-9-3-2-8(17)6-12(9)21-15(7)16(23)22-11-5-4-10(18)13(19)14(11)20/h2-6,21H,1H3,(H,22,23). The highest BCUT2D eigenvalue weighted by Crippen LogP contribution is 2.25.